The number of likely N-dealkylation sites (tertiary alicyclic amines) is 1. The number of allylic oxidation sites excluding steroid dienone is 2. The molecule has 1 aromatic carbocycles. The predicted molar refractivity (Wildman–Crippen MR) is 103 cm³/mol. The largest absolute Gasteiger partial charge is 0.324 e. The molecule has 0 unspecified atom stereocenters. The van der Waals surface area contributed by atoms with E-state index in [-0.39, 0.29) is 47.9 Å². The molecule has 1 saturated heterocycles. The molecule has 0 radical (unpaired) electrons. The fourth-order valence-corrected chi connectivity index (χ4v) is 6.41. The average molecular weight is 376 g/mol. The quantitative estimate of drug-likeness (QED) is 0.651. The van der Waals surface area contributed by atoms with Crippen LogP contribution in [0.4, 0.5) is 5.69 Å². The Hall–Kier alpha value is -2.43. The lowest BCUT2D eigenvalue weighted by atomic mass is 9.63. The highest BCUT2D eigenvalue weighted by Gasteiger charge is 2.67. The number of aryl methyl sites for hydroxylation is 1. The van der Waals surface area contributed by atoms with Crippen LogP contribution in [0.2, 0.25) is 0 Å². The van der Waals surface area contributed by atoms with Crippen molar-refractivity contribution in [1.29, 1.82) is 0 Å². The van der Waals surface area contributed by atoms with E-state index < -0.39 is 0 Å². The van der Waals surface area contributed by atoms with Gasteiger partial charge in [0.2, 0.25) is 17.7 Å². The van der Waals surface area contributed by atoms with Crippen LogP contribution in [0, 0.1) is 35.5 Å². The van der Waals surface area contributed by atoms with Crippen LogP contribution >= 0.6 is 0 Å². The third kappa shape index (κ3) is 2.22. The first kappa shape index (κ1) is 16.5. The second kappa shape index (κ2) is 5.79. The Morgan fingerprint density at radius 2 is 1.68 bits per heavy atom. The Morgan fingerprint density at radius 1 is 1.00 bits per heavy atom. The minimum atomic E-state index is -0.273. The zero-order valence-electron chi connectivity index (χ0n) is 15.8. The number of imide groups is 1. The molecule has 6 aliphatic rings. The van der Waals surface area contributed by atoms with Crippen molar-refractivity contribution in [3.05, 3.63) is 41.5 Å². The Balaban J connectivity index is 1.20. The number of hydrogen-bond donors (Lipinski definition) is 1. The first-order valence-corrected chi connectivity index (χ1v) is 10.6. The van der Waals surface area contributed by atoms with Crippen LogP contribution < -0.4 is 5.32 Å². The van der Waals surface area contributed by atoms with Crippen LogP contribution in [-0.4, -0.2) is 29.2 Å². The standard InChI is InChI=1S/C23H24N2O3/c26-19(24-18-7-3-5-12-4-1-2-6-13(12)18)11-25-22(27)20-14-8-9-15(17-10-16(14)17)21(20)23(25)28/h3,5,7-9,14-17,20-21H,1-2,4,6,10-11H2,(H,24,26)/t14-,15+,16-,17-,20+,21-/m1/s1. The number of nitrogens with zero attached hydrogens (tertiary/aromatic N) is 1. The van der Waals surface area contributed by atoms with Gasteiger partial charge in [0, 0.05) is 5.69 Å². The van der Waals surface area contributed by atoms with Gasteiger partial charge in [0.25, 0.3) is 0 Å². The summed E-state index contributed by atoms with van der Waals surface area (Å²) in [6.45, 7) is -0.164. The SMILES string of the molecule is O=C(CN1C(=O)[C@@H]2[C@H]3C=C[C@H]([C@H]4C[C@H]34)[C@@H]2C1=O)Nc1cccc2c1CCCC2. The molecule has 0 spiro atoms. The monoisotopic (exact) mass is 376 g/mol. The Kier molecular flexibility index (Phi) is 3.41. The molecule has 5 heteroatoms. The molecule has 144 valence electrons. The molecule has 2 bridgehead atoms. The van der Waals surface area contributed by atoms with Gasteiger partial charge in [-0.15, -0.1) is 0 Å². The first-order valence-electron chi connectivity index (χ1n) is 10.6. The molecule has 1 N–H and O–H groups in total. The lowest BCUT2D eigenvalue weighted by Gasteiger charge is -2.37. The summed E-state index contributed by atoms with van der Waals surface area (Å²) >= 11 is 0. The zero-order chi connectivity index (χ0) is 19.0. The van der Waals surface area contributed by atoms with E-state index in [1.807, 2.05) is 12.1 Å². The van der Waals surface area contributed by atoms with Crippen molar-refractivity contribution in [2.24, 2.45) is 35.5 Å². The van der Waals surface area contributed by atoms with Gasteiger partial charge in [0.1, 0.15) is 6.54 Å². The van der Waals surface area contributed by atoms with E-state index in [0.717, 1.165) is 31.4 Å². The van der Waals surface area contributed by atoms with Gasteiger partial charge < -0.3 is 5.32 Å². The molecule has 3 fully saturated rings. The van der Waals surface area contributed by atoms with Gasteiger partial charge in [-0.2, -0.15) is 0 Å². The number of fused-ring (bicyclic) bond motifs is 1. The van der Waals surface area contributed by atoms with Crippen LogP contribution in [0.5, 0.6) is 0 Å². The van der Waals surface area contributed by atoms with Crippen LogP contribution in [0.3, 0.4) is 0 Å². The third-order valence-corrected chi connectivity index (χ3v) is 7.73. The third-order valence-electron chi connectivity index (χ3n) is 7.73. The van der Waals surface area contributed by atoms with Gasteiger partial charge in [-0.1, -0.05) is 24.3 Å². The average Bonchev–Trinajstić information content (AvgIpc) is 3.49. The molecule has 5 aliphatic carbocycles. The van der Waals surface area contributed by atoms with Crippen molar-refractivity contribution in [3.63, 3.8) is 0 Å². The molecular weight excluding hydrogens is 352 g/mol. The molecule has 0 aromatic heterocycles. The molecule has 1 aromatic rings. The van der Waals surface area contributed by atoms with Crippen LogP contribution in [0.15, 0.2) is 30.4 Å². The second-order valence-electron chi connectivity index (χ2n) is 9.12. The molecule has 3 amide bonds. The minimum Gasteiger partial charge on any atom is -0.324 e. The highest BCUT2D eigenvalue weighted by molar-refractivity contribution is 6.09. The van der Waals surface area contributed by atoms with Crippen LogP contribution in [-0.2, 0) is 27.2 Å². The van der Waals surface area contributed by atoms with Gasteiger partial charge in [0.15, 0.2) is 0 Å². The fraction of sp³-hybridized carbons (Fsp3) is 0.522. The van der Waals surface area contributed by atoms with E-state index in [4.69, 9.17) is 0 Å². The molecule has 7 rings (SSSR count). The number of nitrogens with one attached hydrogen (secondary N) is 1. The molecule has 2 saturated carbocycles. The van der Waals surface area contributed by atoms with E-state index in [1.54, 1.807) is 0 Å². The Morgan fingerprint density at radius 3 is 2.39 bits per heavy atom. The number of carbonyl (C=O) groups is 3. The molecule has 6 atom stereocenters. The highest BCUT2D eigenvalue weighted by atomic mass is 16.2. The van der Waals surface area contributed by atoms with Gasteiger partial charge in [-0.25, -0.2) is 0 Å². The van der Waals surface area contributed by atoms with Crippen molar-refractivity contribution in [1.82, 2.24) is 4.90 Å². The lowest BCUT2D eigenvalue weighted by Crippen LogP contribution is -2.40. The number of carbonyl (C=O) groups excluding carboxylic acids is 3. The summed E-state index contributed by atoms with van der Waals surface area (Å²) in [5.74, 6) is 0.554. The van der Waals surface area contributed by atoms with Gasteiger partial charge in [0.05, 0.1) is 11.8 Å². The lowest BCUT2D eigenvalue weighted by molar-refractivity contribution is -0.142. The van der Waals surface area contributed by atoms with Crippen LogP contribution in [0.1, 0.15) is 30.4 Å². The smallest absolute Gasteiger partial charge is 0.244 e. The second-order valence-corrected chi connectivity index (χ2v) is 9.12. The maximum Gasteiger partial charge on any atom is 0.244 e. The first-order chi connectivity index (χ1) is 13.6. The number of anilines is 1. The summed E-state index contributed by atoms with van der Waals surface area (Å²) in [6, 6.07) is 6.01. The van der Waals surface area contributed by atoms with Gasteiger partial charge in [-0.3, -0.25) is 19.3 Å². The molecule has 28 heavy (non-hydrogen) atoms. The van der Waals surface area contributed by atoms with Crippen molar-refractivity contribution < 1.29 is 14.4 Å². The summed E-state index contributed by atoms with van der Waals surface area (Å²) in [5, 5.41) is 2.97. The summed E-state index contributed by atoms with van der Waals surface area (Å²) in [5.41, 5.74) is 3.34. The Bertz CT molecular complexity index is 900. The van der Waals surface area contributed by atoms with Gasteiger partial charge >= 0.3 is 0 Å². The predicted octanol–water partition coefficient (Wildman–Crippen LogP) is 2.56. The van der Waals surface area contributed by atoms with Crippen molar-refractivity contribution >= 4 is 23.4 Å². The van der Waals surface area contributed by atoms with Crippen molar-refractivity contribution in [3.8, 4) is 0 Å². The molecule has 5 nitrogen and oxygen atoms in total. The number of amides is 3. The van der Waals surface area contributed by atoms with Gasteiger partial charge in [-0.05, 0) is 73.0 Å². The van der Waals surface area contributed by atoms with Crippen LogP contribution in [0.25, 0.3) is 0 Å². The normalized spacial score (nSPS) is 36.8. The Labute approximate surface area is 164 Å². The summed E-state index contributed by atoms with van der Waals surface area (Å²) in [7, 11) is 0. The van der Waals surface area contributed by atoms with E-state index in [9.17, 15) is 14.4 Å². The zero-order valence-corrected chi connectivity index (χ0v) is 15.8. The van der Waals surface area contributed by atoms with E-state index in [0.29, 0.717) is 11.8 Å². The highest BCUT2D eigenvalue weighted by Crippen LogP contribution is 2.65. The number of benzene rings is 1. The number of rotatable bonds is 3. The maximum atomic E-state index is 13.0. The topological polar surface area (TPSA) is 66.5 Å². The maximum absolute atomic E-state index is 13.0. The van der Waals surface area contributed by atoms with E-state index in [2.05, 4.69) is 23.5 Å². The molecular formula is C23H24N2O3. The number of hydrogen-bond acceptors (Lipinski definition) is 3. The van der Waals surface area contributed by atoms with Crippen molar-refractivity contribution in [2.45, 2.75) is 32.1 Å². The minimum absolute atomic E-state index is 0.134. The van der Waals surface area contributed by atoms with Crippen molar-refractivity contribution in [2.75, 3.05) is 11.9 Å². The molecule has 1 aliphatic heterocycles. The van der Waals surface area contributed by atoms with E-state index >= 15 is 0 Å². The fourth-order valence-electron chi connectivity index (χ4n) is 6.41. The summed E-state index contributed by atoms with van der Waals surface area (Å²) in [4.78, 5) is 40.0. The summed E-state index contributed by atoms with van der Waals surface area (Å²) < 4.78 is 0. The summed E-state index contributed by atoms with van der Waals surface area (Å²) in [6.07, 6.45) is 9.79. The molecule has 1 heterocycles. The van der Waals surface area contributed by atoms with E-state index in [1.165, 1.54) is 22.4 Å².